The van der Waals surface area contributed by atoms with Gasteiger partial charge in [0.25, 0.3) is 0 Å². The molecule has 6 heteroatoms. The molecule has 34 heavy (non-hydrogen) atoms. The van der Waals surface area contributed by atoms with Gasteiger partial charge in [-0.2, -0.15) is 0 Å². The number of hydrogen-bond donors (Lipinski definition) is 2. The van der Waals surface area contributed by atoms with Crippen molar-refractivity contribution >= 4 is 11.8 Å². The van der Waals surface area contributed by atoms with E-state index in [2.05, 4.69) is 37.1 Å². The van der Waals surface area contributed by atoms with Gasteiger partial charge >= 0.3 is 0 Å². The van der Waals surface area contributed by atoms with Gasteiger partial charge < -0.3 is 19.7 Å². The van der Waals surface area contributed by atoms with Crippen LogP contribution < -0.4 is 0 Å². The summed E-state index contributed by atoms with van der Waals surface area (Å²) < 4.78 is 12.7. The Labute approximate surface area is 208 Å². The number of likely N-dealkylation sites (tertiary alicyclic amines) is 1. The molecule has 2 N–H and O–H groups in total. The molecule has 0 bridgehead atoms. The number of thioether (sulfide) groups is 1. The van der Waals surface area contributed by atoms with Crippen LogP contribution in [0.4, 0.5) is 0 Å². The van der Waals surface area contributed by atoms with Gasteiger partial charge in [-0.25, -0.2) is 0 Å². The molecular formula is C28H39NO4S. The molecule has 2 saturated heterocycles. The molecule has 2 heterocycles. The minimum atomic E-state index is -0.214. The van der Waals surface area contributed by atoms with E-state index in [1.165, 1.54) is 6.42 Å². The zero-order valence-electron chi connectivity index (χ0n) is 20.4. The van der Waals surface area contributed by atoms with Gasteiger partial charge in [0.2, 0.25) is 0 Å². The second kappa shape index (κ2) is 13.2. The molecule has 2 fully saturated rings. The number of hydrogen-bond acceptors (Lipinski definition) is 6. The molecule has 0 aromatic rings. The molecule has 1 aliphatic carbocycles. The molecule has 1 unspecified atom stereocenters. The normalized spacial score (nSPS) is 28.4. The van der Waals surface area contributed by atoms with E-state index in [0.717, 1.165) is 48.7 Å². The maximum Gasteiger partial charge on any atom is 0.124 e. The topological polar surface area (TPSA) is 62.2 Å². The molecule has 4 atom stereocenters. The minimum absolute atomic E-state index is 0.00428. The Morgan fingerprint density at radius 2 is 2.18 bits per heavy atom. The largest absolute Gasteiger partial charge is 0.508 e. The molecule has 0 aromatic carbocycles. The summed E-state index contributed by atoms with van der Waals surface area (Å²) in [6.45, 7) is 15.4. The highest BCUT2D eigenvalue weighted by Crippen LogP contribution is 2.48. The van der Waals surface area contributed by atoms with Gasteiger partial charge in [-0.15, -0.1) is 18.3 Å². The highest BCUT2D eigenvalue weighted by molar-refractivity contribution is 8.04. The van der Waals surface area contributed by atoms with E-state index in [9.17, 15) is 10.2 Å². The van der Waals surface area contributed by atoms with Gasteiger partial charge in [0, 0.05) is 23.2 Å². The van der Waals surface area contributed by atoms with Gasteiger partial charge in [-0.3, -0.25) is 4.90 Å². The van der Waals surface area contributed by atoms with Crippen molar-refractivity contribution in [2.75, 3.05) is 26.2 Å². The fourth-order valence-corrected chi connectivity index (χ4v) is 5.91. The SMILES string of the molecule is C=CC[C@H](/C=C\CO)[C@H]1S/C(=C/C(O)=C\C)C(=C)C1O[C@H]1C=CC(OC2CN(CCC)C2)=CC1. The van der Waals surface area contributed by atoms with Crippen LogP contribution in [0.3, 0.4) is 0 Å². The first-order valence-corrected chi connectivity index (χ1v) is 13.1. The van der Waals surface area contributed by atoms with Crippen LogP contribution in [0.25, 0.3) is 0 Å². The second-order valence-corrected chi connectivity index (χ2v) is 10.1. The predicted molar refractivity (Wildman–Crippen MR) is 142 cm³/mol. The maximum absolute atomic E-state index is 10.1. The summed E-state index contributed by atoms with van der Waals surface area (Å²) in [5.41, 5.74) is 0.875. The first-order valence-electron chi connectivity index (χ1n) is 12.2. The fourth-order valence-electron chi connectivity index (χ4n) is 4.43. The lowest BCUT2D eigenvalue weighted by atomic mass is 9.93. The van der Waals surface area contributed by atoms with Crippen molar-refractivity contribution in [2.45, 2.75) is 56.7 Å². The molecule has 186 valence electrons. The third-order valence-electron chi connectivity index (χ3n) is 6.26. The first-order chi connectivity index (χ1) is 16.5. The first kappa shape index (κ1) is 26.6. The third kappa shape index (κ3) is 7.01. The highest BCUT2D eigenvalue weighted by atomic mass is 32.2. The third-order valence-corrected chi connectivity index (χ3v) is 7.76. The van der Waals surface area contributed by atoms with Crippen LogP contribution in [0, 0.1) is 5.92 Å². The number of ether oxygens (including phenoxy) is 2. The zero-order chi connectivity index (χ0) is 24.5. The van der Waals surface area contributed by atoms with Crippen molar-refractivity contribution in [1.29, 1.82) is 0 Å². The lowest BCUT2D eigenvalue weighted by Crippen LogP contribution is -2.52. The molecule has 0 spiro atoms. The Balaban J connectivity index is 1.66. The fraction of sp³-hybridized carbons (Fsp3) is 0.500. The summed E-state index contributed by atoms with van der Waals surface area (Å²) in [4.78, 5) is 3.34. The Kier molecular flexibility index (Phi) is 10.3. The van der Waals surface area contributed by atoms with Crippen molar-refractivity contribution in [3.05, 3.63) is 83.8 Å². The Hall–Kier alpha value is -1.99. The van der Waals surface area contributed by atoms with E-state index in [-0.39, 0.29) is 41.8 Å². The van der Waals surface area contributed by atoms with Crippen molar-refractivity contribution in [3.63, 3.8) is 0 Å². The van der Waals surface area contributed by atoms with Crippen LogP contribution in [0.1, 0.15) is 33.1 Å². The number of nitrogens with zero attached hydrogens (tertiary/aromatic N) is 1. The van der Waals surface area contributed by atoms with Gasteiger partial charge in [0.1, 0.15) is 17.6 Å². The summed E-state index contributed by atoms with van der Waals surface area (Å²) in [5.74, 6) is 1.26. The molecule has 3 rings (SSSR count). The van der Waals surface area contributed by atoms with Crippen LogP contribution in [0.2, 0.25) is 0 Å². The number of allylic oxidation sites excluding steroid dienone is 5. The Morgan fingerprint density at radius 1 is 1.38 bits per heavy atom. The molecule has 0 saturated carbocycles. The molecule has 0 aromatic heterocycles. The Morgan fingerprint density at radius 3 is 2.79 bits per heavy atom. The molecule has 5 nitrogen and oxygen atoms in total. The molecule has 0 amide bonds. The smallest absolute Gasteiger partial charge is 0.124 e. The van der Waals surface area contributed by atoms with E-state index < -0.39 is 0 Å². The standard InChI is InChI=1S/C28H39NO4S/c1-5-9-21(10-8-16-30)28-27(20(4)26(34-28)17-22(31)7-3)33-24-13-11-23(12-14-24)32-25-18-29(19-25)15-6-2/h5,7-8,10-13,17,21,24-25,27-28,30-31H,1,4,6,9,14-16,18-19H2,2-3H3/b10-8-,22-7+,26-17+/t21-,24+,27?,28-/m1/s1. The molecule has 3 aliphatic rings. The van der Waals surface area contributed by atoms with E-state index in [4.69, 9.17) is 9.47 Å². The van der Waals surface area contributed by atoms with Crippen LogP contribution in [0.5, 0.6) is 0 Å². The number of aliphatic hydroxyl groups excluding tert-OH is 2. The molecular weight excluding hydrogens is 446 g/mol. The average Bonchev–Trinajstić information content (AvgIpc) is 3.11. The van der Waals surface area contributed by atoms with Crippen LogP contribution in [0.15, 0.2) is 83.8 Å². The van der Waals surface area contributed by atoms with Crippen LogP contribution in [-0.4, -0.2) is 64.9 Å². The van der Waals surface area contributed by atoms with E-state index in [0.29, 0.717) is 0 Å². The lowest BCUT2D eigenvalue weighted by Gasteiger charge is -2.39. The minimum Gasteiger partial charge on any atom is -0.508 e. The van der Waals surface area contributed by atoms with Crippen molar-refractivity contribution in [1.82, 2.24) is 4.90 Å². The molecule has 0 radical (unpaired) electrons. The summed E-state index contributed by atoms with van der Waals surface area (Å²) in [6.07, 6.45) is 18.0. The van der Waals surface area contributed by atoms with E-state index >= 15 is 0 Å². The summed E-state index contributed by atoms with van der Waals surface area (Å²) in [5, 5.41) is 19.5. The van der Waals surface area contributed by atoms with Gasteiger partial charge in [-0.05, 0) is 68.5 Å². The van der Waals surface area contributed by atoms with Crippen LogP contribution >= 0.6 is 11.8 Å². The van der Waals surface area contributed by atoms with Gasteiger partial charge in [0.15, 0.2) is 0 Å². The summed E-state index contributed by atoms with van der Waals surface area (Å²) >= 11 is 1.67. The summed E-state index contributed by atoms with van der Waals surface area (Å²) in [6, 6.07) is 0. The van der Waals surface area contributed by atoms with Crippen molar-refractivity contribution < 1.29 is 19.7 Å². The second-order valence-electron chi connectivity index (χ2n) is 8.92. The monoisotopic (exact) mass is 485 g/mol. The van der Waals surface area contributed by atoms with Gasteiger partial charge in [0.05, 0.1) is 18.8 Å². The zero-order valence-corrected chi connectivity index (χ0v) is 21.3. The summed E-state index contributed by atoms with van der Waals surface area (Å²) in [7, 11) is 0. The van der Waals surface area contributed by atoms with Crippen molar-refractivity contribution in [3.8, 4) is 0 Å². The van der Waals surface area contributed by atoms with E-state index in [1.54, 1.807) is 36.9 Å². The predicted octanol–water partition coefficient (Wildman–Crippen LogP) is 5.45. The Bertz CT molecular complexity index is 866. The molecule has 2 aliphatic heterocycles. The lowest BCUT2D eigenvalue weighted by molar-refractivity contribution is -0.0195. The van der Waals surface area contributed by atoms with Crippen molar-refractivity contribution in [2.24, 2.45) is 5.92 Å². The average molecular weight is 486 g/mol. The van der Waals surface area contributed by atoms with Crippen LogP contribution in [-0.2, 0) is 9.47 Å². The highest BCUT2D eigenvalue weighted by Gasteiger charge is 2.40. The quantitative estimate of drug-likeness (QED) is 0.283. The maximum atomic E-state index is 10.1. The number of rotatable bonds is 12. The van der Waals surface area contributed by atoms with Gasteiger partial charge in [-0.1, -0.05) is 37.8 Å². The number of aliphatic hydroxyl groups is 2. The van der Waals surface area contributed by atoms with E-state index in [1.807, 2.05) is 18.2 Å².